The summed E-state index contributed by atoms with van der Waals surface area (Å²) in [5, 5.41) is 0. The maximum atomic E-state index is 9.69. The van der Waals surface area contributed by atoms with Crippen molar-refractivity contribution in [2.75, 3.05) is 0 Å². The van der Waals surface area contributed by atoms with Crippen LogP contribution in [0.2, 0.25) is 0 Å². The van der Waals surface area contributed by atoms with Crippen LogP contribution in [-0.4, -0.2) is 16.5 Å². The summed E-state index contributed by atoms with van der Waals surface area (Å²) < 4.78 is 3.93. The first-order chi connectivity index (χ1) is 4.04. The lowest BCUT2D eigenvalue weighted by molar-refractivity contribution is 0.145. The van der Waals surface area contributed by atoms with Crippen molar-refractivity contribution in [3.8, 4) is 0 Å². The monoisotopic (exact) mass is 189 g/mol. The Balaban J connectivity index is 3.50. The molecule has 0 bridgehead atoms. The molecule has 0 aliphatic carbocycles. The van der Waals surface area contributed by atoms with E-state index in [2.05, 4.69) is 4.74 Å². The van der Waals surface area contributed by atoms with E-state index in [4.69, 9.17) is 40.5 Å². The van der Waals surface area contributed by atoms with Crippen LogP contribution in [-0.2, 0) is 4.74 Å². The van der Waals surface area contributed by atoms with Gasteiger partial charge in [0.15, 0.2) is 4.84 Å². The molecule has 0 heterocycles. The minimum absolute atomic E-state index is 1.04. The van der Waals surface area contributed by atoms with Gasteiger partial charge in [-0.05, 0) is 0 Å². The summed E-state index contributed by atoms with van der Waals surface area (Å²) in [6, 6.07) is 0. The van der Waals surface area contributed by atoms with Crippen molar-refractivity contribution in [2.24, 2.45) is 0 Å². The normalized spacial score (nSPS) is 13.3. The standard InChI is InChI=1S/C3H2Cl3NO2/c4-1(5)2(6)9-3(7)8/h1-2H. The molecule has 0 aromatic carbocycles. The van der Waals surface area contributed by atoms with Gasteiger partial charge in [-0.1, -0.05) is 40.5 Å². The van der Waals surface area contributed by atoms with E-state index in [1.807, 2.05) is 0 Å². The predicted molar refractivity (Wildman–Crippen MR) is 33.8 cm³/mol. The van der Waals surface area contributed by atoms with Crippen LogP contribution in [0.1, 0.15) is 0 Å². The van der Waals surface area contributed by atoms with Gasteiger partial charge in [-0.25, -0.2) is 4.79 Å². The van der Waals surface area contributed by atoms with Crippen LogP contribution in [0.25, 0.3) is 0 Å². The fourth-order valence-corrected chi connectivity index (χ4v) is 0.327. The molecule has 6 heteroatoms. The molecule has 0 aromatic rings. The Kier molecular flexibility index (Phi) is 4.10. The Morgan fingerprint density at radius 1 is 1.44 bits per heavy atom. The molecule has 3 nitrogen and oxygen atoms in total. The van der Waals surface area contributed by atoms with E-state index in [0.717, 1.165) is 0 Å². The second-order valence-electron chi connectivity index (χ2n) is 1.07. The van der Waals surface area contributed by atoms with Crippen LogP contribution >= 0.6 is 34.8 Å². The number of hydrogen-bond acceptors (Lipinski definition) is 2. The van der Waals surface area contributed by atoms with Crippen molar-refractivity contribution in [3.05, 3.63) is 0 Å². The second-order valence-corrected chi connectivity index (χ2v) is 2.66. The van der Waals surface area contributed by atoms with E-state index in [0.29, 0.717) is 0 Å². The lowest BCUT2D eigenvalue weighted by Gasteiger charge is -2.06. The molecular weight excluding hydrogens is 188 g/mol. The van der Waals surface area contributed by atoms with Gasteiger partial charge in [0.05, 0.1) is 0 Å². The molecule has 0 N–H and O–H groups in total. The summed E-state index contributed by atoms with van der Waals surface area (Å²) >= 11 is 15.4. The van der Waals surface area contributed by atoms with Crippen molar-refractivity contribution in [1.29, 1.82) is 0 Å². The minimum Gasteiger partial charge on any atom is -0.424 e. The Labute approximate surface area is 67.0 Å². The van der Waals surface area contributed by atoms with Gasteiger partial charge in [-0.3, -0.25) is 0 Å². The Bertz CT molecular complexity index is 107. The first-order valence-electron chi connectivity index (χ1n) is 1.86. The molecule has 52 valence electrons. The maximum absolute atomic E-state index is 9.69. The average Bonchev–Trinajstić information content (AvgIpc) is 1.63. The molecule has 1 unspecified atom stereocenters. The first-order valence-corrected chi connectivity index (χ1v) is 3.16. The summed E-state index contributed by atoms with van der Waals surface area (Å²) in [6.07, 6.45) is -1.50. The lowest BCUT2D eigenvalue weighted by Crippen LogP contribution is -2.17. The van der Waals surface area contributed by atoms with E-state index in [1.165, 1.54) is 0 Å². The number of amides is 1. The van der Waals surface area contributed by atoms with Crippen molar-refractivity contribution in [3.63, 3.8) is 0 Å². The van der Waals surface area contributed by atoms with E-state index < -0.39 is 16.5 Å². The molecule has 0 spiro atoms. The highest BCUT2D eigenvalue weighted by Crippen LogP contribution is 2.14. The zero-order chi connectivity index (χ0) is 7.44. The summed E-state index contributed by atoms with van der Waals surface area (Å²) in [7, 11) is 0. The fourth-order valence-electron chi connectivity index (χ4n) is 0.148. The van der Waals surface area contributed by atoms with E-state index >= 15 is 0 Å². The molecule has 1 atom stereocenters. The van der Waals surface area contributed by atoms with Crippen molar-refractivity contribution >= 4 is 40.9 Å². The number of ether oxygens (including phenoxy) is 1. The highest BCUT2D eigenvalue weighted by Gasteiger charge is 2.17. The number of halogens is 3. The summed E-state index contributed by atoms with van der Waals surface area (Å²) in [4.78, 5) is 8.65. The second kappa shape index (κ2) is 4.04. The maximum Gasteiger partial charge on any atom is 0.454 e. The van der Waals surface area contributed by atoms with E-state index in [-0.39, 0.29) is 0 Å². The van der Waals surface area contributed by atoms with Crippen molar-refractivity contribution in [2.45, 2.75) is 10.4 Å². The Morgan fingerprint density at radius 2 is 1.89 bits per heavy atom. The van der Waals surface area contributed by atoms with E-state index in [9.17, 15) is 4.79 Å². The van der Waals surface area contributed by atoms with Gasteiger partial charge >= 0.3 is 6.09 Å². The zero-order valence-electron chi connectivity index (χ0n) is 4.05. The number of hydrogen-bond donors (Lipinski definition) is 0. The lowest BCUT2D eigenvalue weighted by atomic mass is 10.8. The van der Waals surface area contributed by atoms with Crippen LogP contribution in [0.3, 0.4) is 0 Å². The minimum atomic E-state index is -1.50. The van der Waals surface area contributed by atoms with Crippen molar-refractivity contribution in [1.82, 2.24) is 5.73 Å². The molecule has 2 radical (unpaired) electrons. The molecular formula is C3H2Cl3NO2. The van der Waals surface area contributed by atoms with Gasteiger partial charge < -0.3 is 4.74 Å². The molecule has 0 aromatic heterocycles. The SMILES string of the molecule is [N]C(=O)OC(Cl)C(Cl)Cl. The van der Waals surface area contributed by atoms with Gasteiger partial charge in [0.2, 0.25) is 5.56 Å². The number of carbonyl (C=O) groups is 1. The molecule has 0 saturated heterocycles. The molecule has 0 fully saturated rings. The third-order valence-corrected chi connectivity index (χ3v) is 1.47. The van der Waals surface area contributed by atoms with Gasteiger partial charge in [0.25, 0.3) is 0 Å². The Morgan fingerprint density at radius 3 is 2.00 bits per heavy atom. The highest BCUT2D eigenvalue weighted by molar-refractivity contribution is 6.48. The molecule has 1 amide bonds. The molecule has 0 rings (SSSR count). The summed E-state index contributed by atoms with van der Waals surface area (Å²) in [6.45, 7) is 0. The van der Waals surface area contributed by atoms with Crippen LogP contribution < -0.4 is 5.73 Å². The van der Waals surface area contributed by atoms with Crippen molar-refractivity contribution < 1.29 is 9.53 Å². The number of alkyl halides is 3. The van der Waals surface area contributed by atoms with Gasteiger partial charge in [-0.2, -0.15) is 0 Å². The Hall–Kier alpha value is 0.140. The predicted octanol–water partition coefficient (Wildman–Crippen LogP) is 1.56. The number of rotatable bonds is 2. The largest absolute Gasteiger partial charge is 0.454 e. The molecule has 0 aliphatic heterocycles. The number of carbonyl (C=O) groups excluding carboxylic acids is 1. The average molecular weight is 190 g/mol. The third kappa shape index (κ3) is 4.63. The van der Waals surface area contributed by atoms with Crippen LogP contribution in [0, 0.1) is 0 Å². The first kappa shape index (κ1) is 9.14. The fraction of sp³-hybridized carbons (Fsp3) is 0.667. The van der Waals surface area contributed by atoms with Crippen LogP contribution in [0.5, 0.6) is 0 Å². The van der Waals surface area contributed by atoms with Gasteiger partial charge in [-0.15, -0.1) is 0 Å². The quantitative estimate of drug-likeness (QED) is 0.621. The molecule has 9 heavy (non-hydrogen) atoms. The third-order valence-electron chi connectivity index (χ3n) is 0.412. The van der Waals surface area contributed by atoms with Gasteiger partial charge in [0.1, 0.15) is 0 Å². The summed E-state index contributed by atoms with van der Waals surface area (Å²) in [5.41, 5.74) is 6.71. The molecule has 0 aliphatic rings. The summed E-state index contributed by atoms with van der Waals surface area (Å²) in [5.74, 6) is 0. The smallest absolute Gasteiger partial charge is 0.424 e. The molecule has 0 saturated carbocycles. The van der Waals surface area contributed by atoms with Gasteiger partial charge in [0, 0.05) is 0 Å². The van der Waals surface area contributed by atoms with Crippen LogP contribution in [0.15, 0.2) is 0 Å². The highest BCUT2D eigenvalue weighted by atomic mass is 35.5. The zero-order valence-corrected chi connectivity index (χ0v) is 6.32. The van der Waals surface area contributed by atoms with Crippen LogP contribution in [0.4, 0.5) is 4.79 Å². The topological polar surface area (TPSA) is 48.6 Å². The van der Waals surface area contributed by atoms with E-state index in [1.54, 1.807) is 0 Å². The number of nitrogens with zero attached hydrogens (tertiary/aromatic N) is 1.